The minimum atomic E-state index is -0.868. The smallest absolute Gasteiger partial charge is 0.218 e. The predicted octanol–water partition coefficient (Wildman–Crippen LogP) is -1.51. The lowest BCUT2D eigenvalue weighted by atomic mass is 10.4. The van der Waals surface area contributed by atoms with Crippen molar-refractivity contribution in [1.29, 1.82) is 0 Å². The Morgan fingerprint density at radius 2 is 2.00 bits per heavy atom. The fourth-order valence-corrected chi connectivity index (χ4v) is 1.99. The van der Waals surface area contributed by atoms with Gasteiger partial charge in [0.15, 0.2) is 5.96 Å². The van der Waals surface area contributed by atoms with Gasteiger partial charge in [-0.3, -0.25) is 4.21 Å². The van der Waals surface area contributed by atoms with Crippen LogP contribution in [0, 0.1) is 0 Å². The highest BCUT2D eigenvalue weighted by Gasteiger charge is 2.46. The molecule has 0 aliphatic heterocycles. The standard InChI is InChI=1S/C7H15N5OS/c1-14(13)7(2-3-7)4-11-6(10)12-5(8)9/h2-4H2,1H3,(H6,8,9,10,11,12). The zero-order chi connectivity index (χ0) is 10.8. The van der Waals surface area contributed by atoms with Gasteiger partial charge in [-0.05, 0) is 12.8 Å². The fourth-order valence-electron chi connectivity index (χ4n) is 1.07. The summed E-state index contributed by atoms with van der Waals surface area (Å²) in [6.07, 6.45) is 3.53. The van der Waals surface area contributed by atoms with Gasteiger partial charge < -0.3 is 17.2 Å². The molecule has 6 N–H and O–H groups in total. The topological polar surface area (TPSA) is 120 Å². The zero-order valence-electron chi connectivity index (χ0n) is 8.06. The third-order valence-corrected chi connectivity index (χ3v) is 3.95. The quantitative estimate of drug-likeness (QED) is 0.393. The van der Waals surface area contributed by atoms with E-state index in [1.807, 2.05) is 0 Å². The molecule has 0 radical (unpaired) electrons. The molecule has 14 heavy (non-hydrogen) atoms. The van der Waals surface area contributed by atoms with Gasteiger partial charge in [-0.15, -0.1) is 0 Å². The van der Waals surface area contributed by atoms with E-state index < -0.39 is 10.8 Å². The Hall–Kier alpha value is -1.11. The van der Waals surface area contributed by atoms with Crippen molar-refractivity contribution in [1.82, 2.24) is 0 Å². The van der Waals surface area contributed by atoms with E-state index in [2.05, 4.69) is 9.98 Å². The van der Waals surface area contributed by atoms with Gasteiger partial charge in [-0.25, -0.2) is 4.99 Å². The van der Waals surface area contributed by atoms with E-state index in [4.69, 9.17) is 17.2 Å². The first kappa shape index (κ1) is 11.0. The van der Waals surface area contributed by atoms with Crippen LogP contribution in [0.15, 0.2) is 9.98 Å². The second-order valence-electron chi connectivity index (χ2n) is 3.35. The van der Waals surface area contributed by atoms with Crippen LogP contribution >= 0.6 is 0 Å². The molecule has 7 heteroatoms. The van der Waals surface area contributed by atoms with Gasteiger partial charge in [0, 0.05) is 17.1 Å². The van der Waals surface area contributed by atoms with Crippen molar-refractivity contribution >= 4 is 22.7 Å². The van der Waals surface area contributed by atoms with Crippen LogP contribution in [0.2, 0.25) is 0 Å². The zero-order valence-corrected chi connectivity index (χ0v) is 8.88. The molecule has 1 unspecified atom stereocenters. The Morgan fingerprint density at radius 1 is 1.43 bits per heavy atom. The molecule has 1 aliphatic carbocycles. The lowest BCUT2D eigenvalue weighted by molar-refractivity contribution is 0.672. The maximum atomic E-state index is 11.3. The first-order valence-corrected chi connectivity index (χ1v) is 5.75. The summed E-state index contributed by atoms with van der Waals surface area (Å²) in [4.78, 5) is 7.54. The molecule has 0 bridgehead atoms. The third kappa shape index (κ3) is 2.69. The number of nitrogens with two attached hydrogens (primary N) is 3. The molecule has 0 aromatic heterocycles. The number of hydrogen-bond acceptors (Lipinski definition) is 2. The Labute approximate surface area is 85.1 Å². The average molecular weight is 217 g/mol. The highest BCUT2D eigenvalue weighted by atomic mass is 32.2. The maximum absolute atomic E-state index is 11.3. The van der Waals surface area contributed by atoms with Crippen LogP contribution in [0.1, 0.15) is 12.8 Å². The first-order chi connectivity index (χ1) is 6.46. The molecular formula is C7H15N5OS. The molecule has 6 nitrogen and oxygen atoms in total. The summed E-state index contributed by atoms with van der Waals surface area (Å²) in [5.74, 6) is -0.0737. The van der Waals surface area contributed by atoms with Crippen LogP contribution in [0.3, 0.4) is 0 Å². The summed E-state index contributed by atoms with van der Waals surface area (Å²) in [5, 5.41) is 0. The van der Waals surface area contributed by atoms with Crippen molar-refractivity contribution in [2.45, 2.75) is 17.6 Å². The van der Waals surface area contributed by atoms with Crippen LogP contribution < -0.4 is 17.2 Å². The highest BCUT2D eigenvalue weighted by molar-refractivity contribution is 7.86. The largest absolute Gasteiger partial charge is 0.370 e. The van der Waals surface area contributed by atoms with Crippen molar-refractivity contribution in [2.75, 3.05) is 12.8 Å². The number of aliphatic imine (C=N–C) groups is 2. The average Bonchev–Trinajstić information content (AvgIpc) is 2.79. The lowest BCUT2D eigenvalue weighted by Gasteiger charge is -2.07. The van der Waals surface area contributed by atoms with Gasteiger partial charge in [0.05, 0.1) is 11.3 Å². The van der Waals surface area contributed by atoms with Crippen molar-refractivity contribution in [3.8, 4) is 0 Å². The van der Waals surface area contributed by atoms with E-state index in [9.17, 15) is 4.21 Å². The van der Waals surface area contributed by atoms with E-state index in [-0.39, 0.29) is 16.7 Å². The van der Waals surface area contributed by atoms with E-state index >= 15 is 0 Å². The molecule has 0 spiro atoms. The number of nitrogens with zero attached hydrogens (tertiary/aromatic N) is 2. The van der Waals surface area contributed by atoms with E-state index in [1.165, 1.54) is 0 Å². The molecule has 1 rings (SSSR count). The van der Waals surface area contributed by atoms with Crippen LogP contribution in [0.4, 0.5) is 0 Å². The van der Waals surface area contributed by atoms with Gasteiger partial charge in [0.2, 0.25) is 5.96 Å². The Morgan fingerprint density at radius 3 is 2.36 bits per heavy atom. The highest BCUT2D eigenvalue weighted by Crippen LogP contribution is 2.41. The summed E-state index contributed by atoms with van der Waals surface area (Å²) in [6.45, 7) is 0.429. The van der Waals surface area contributed by atoms with Crippen molar-refractivity contribution in [2.24, 2.45) is 27.2 Å². The fraction of sp³-hybridized carbons (Fsp3) is 0.714. The molecule has 1 aliphatic rings. The second-order valence-corrected chi connectivity index (χ2v) is 5.12. The van der Waals surface area contributed by atoms with Crippen LogP contribution in [0.5, 0.6) is 0 Å². The second kappa shape index (κ2) is 3.95. The molecule has 1 fully saturated rings. The maximum Gasteiger partial charge on any atom is 0.218 e. The summed E-state index contributed by atoms with van der Waals surface area (Å²) in [7, 11) is -0.868. The molecule has 0 saturated heterocycles. The Bertz CT molecular complexity index is 303. The molecule has 1 atom stereocenters. The van der Waals surface area contributed by atoms with E-state index in [0.29, 0.717) is 6.54 Å². The molecule has 0 aromatic carbocycles. The summed E-state index contributed by atoms with van der Waals surface area (Å²) < 4.78 is 11.1. The van der Waals surface area contributed by atoms with Crippen LogP contribution in [-0.4, -0.2) is 33.7 Å². The molecule has 80 valence electrons. The number of rotatable bonds is 3. The normalized spacial score (nSPS) is 21.4. The van der Waals surface area contributed by atoms with E-state index in [0.717, 1.165) is 12.8 Å². The van der Waals surface area contributed by atoms with Gasteiger partial charge in [-0.2, -0.15) is 4.99 Å². The lowest BCUT2D eigenvalue weighted by Crippen LogP contribution is -2.27. The Balaban J connectivity index is 2.55. The van der Waals surface area contributed by atoms with Gasteiger partial charge in [-0.1, -0.05) is 0 Å². The van der Waals surface area contributed by atoms with E-state index in [1.54, 1.807) is 6.26 Å². The predicted molar refractivity (Wildman–Crippen MR) is 58.3 cm³/mol. The minimum absolute atomic E-state index is 0.0433. The first-order valence-electron chi connectivity index (χ1n) is 4.19. The molecule has 1 saturated carbocycles. The third-order valence-electron chi connectivity index (χ3n) is 2.19. The van der Waals surface area contributed by atoms with Crippen LogP contribution in [0.25, 0.3) is 0 Å². The van der Waals surface area contributed by atoms with Crippen LogP contribution in [-0.2, 0) is 10.8 Å². The summed E-state index contributed by atoms with van der Waals surface area (Å²) in [6, 6.07) is 0. The van der Waals surface area contributed by atoms with Crippen molar-refractivity contribution < 1.29 is 4.21 Å². The molecule has 0 heterocycles. The SMILES string of the molecule is CS(=O)C1(CN=C(N)N=C(N)N)CC1. The summed E-state index contributed by atoms with van der Waals surface area (Å²) >= 11 is 0. The van der Waals surface area contributed by atoms with Gasteiger partial charge >= 0.3 is 0 Å². The Kier molecular flexibility index (Phi) is 3.10. The van der Waals surface area contributed by atoms with Gasteiger partial charge in [0.1, 0.15) is 0 Å². The van der Waals surface area contributed by atoms with Crippen molar-refractivity contribution in [3.63, 3.8) is 0 Å². The summed E-state index contributed by atoms with van der Waals surface area (Å²) in [5.41, 5.74) is 15.6. The molecule has 0 amide bonds. The van der Waals surface area contributed by atoms with Gasteiger partial charge in [0.25, 0.3) is 0 Å². The van der Waals surface area contributed by atoms with Crippen molar-refractivity contribution in [3.05, 3.63) is 0 Å². The molecule has 0 aromatic rings. The molecular weight excluding hydrogens is 202 g/mol. The minimum Gasteiger partial charge on any atom is -0.370 e. The monoisotopic (exact) mass is 217 g/mol. The number of hydrogen-bond donors (Lipinski definition) is 3. The number of guanidine groups is 2.